The first kappa shape index (κ1) is 31.4. The number of benzene rings is 1. The molecule has 0 unspecified atom stereocenters. The molecule has 8 nitrogen and oxygen atoms in total. The molecule has 1 aromatic carbocycles. The van der Waals surface area contributed by atoms with Crippen molar-refractivity contribution in [1.82, 2.24) is 5.32 Å². The van der Waals surface area contributed by atoms with Gasteiger partial charge in [0.15, 0.2) is 0 Å². The van der Waals surface area contributed by atoms with E-state index in [9.17, 15) is 9.13 Å². The maximum atomic E-state index is 10.7. The van der Waals surface area contributed by atoms with E-state index in [0.717, 1.165) is 13.0 Å². The summed E-state index contributed by atoms with van der Waals surface area (Å²) in [5.74, 6) is 0. The van der Waals surface area contributed by atoms with Crippen LogP contribution in [0.4, 0.5) is 0 Å². The molecular formula is C22H44N2O6P2. The van der Waals surface area contributed by atoms with Crippen molar-refractivity contribution in [3.63, 3.8) is 0 Å². The molecule has 0 aliphatic rings. The Labute approximate surface area is 193 Å². The first-order valence-corrected chi connectivity index (χ1v) is 15.2. The lowest BCUT2D eigenvalue weighted by atomic mass is 10.0. The van der Waals surface area contributed by atoms with Gasteiger partial charge in [0, 0.05) is 6.54 Å². The second-order valence-corrected chi connectivity index (χ2v) is 11.7. The number of rotatable bonds is 17. The molecule has 0 atom stereocenters. The number of aryl methyl sites for hydroxylation is 1. The van der Waals surface area contributed by atoms with Crippen molar-refractivity contribution in [2.75, 3.05) is 25.4 Å². The molecule has 0 aliphatic carbocycles. The summed E-state index contributed by atoms with van der Waals surface area (Å²) in [6.07, 6.45) is 11.3. The van der Waals surface area contributed by atoms with Gasteiger partial charge in [0.05, 0.1) is 12.3 Å². The van der Waals surface area contributed by atoms with Gasteiger partial charge in [0.1, 0.15) is 0 Å². The summed E-state index contributed by atoms with van der Waals surface area (Å²) in [5.41, 5.74) is 7.61. The summed E-state index contributed by atoms with van der Waals surface area (Å²) in [6, 6.07) is 8.69. The van der Waals surface area contributed by atoms with Gasteiger partial charge in [-0.3, -0.25) is 9.13 Å². The van der Waals surface area contributed by atoms with Crippen LogP contribution in [-0.4, -0.2) is 45.0 Å². The normalized spacial score (nSPS) is 11.8. The molecule has 0 radical (unpaired) electrons. The zero-order valence-corrected chi connectivity index (χ0v) is 21.3. The predicted molar refractivity (Wildman–Crippen MR) is 132 cm³/mol. The molecule has 10 heteroatoms. The lowest BCUT2D eigenvalue weighted by molar-refractivity contribution is 0.369. The summed E-state index contributed by atoms with van der Waals surface area (Å²) in [5, 5.41) is 3.23. The van der Waals surface area contributed by atoms with E-state index in [1.807, 2.05) is 0 Å². The van der Waals surface area contributed by atoms with Crippen molar-refractivity contribution in [1.29, 1.82) is 0 Å². The summed E-state index contributed by atoms with van der Waals surface area (Å²) >= 11 is 0. The first-order valence-electron chi connectivity index (χ1n) is 11.6. The zero-order valence-electron chi connectivity index (χ0n) is 19.5. The average Bonchev–Trinajstić information content (AvgIpc) is 2.71. The van der Waals surface area contributed by atoms with Gasteiger partial charge in [0.2, 0.25) is 0 Å². The van der Waals surface area contributed by atoms with Gasteiger partial charge < -0.3 is 30.6 Å². The van der Waals surface area contributed by atoms with Crippen molar-refractivity contribution in [3.05, 3.63) is 35.4 Å². The van der Waals surface area contributed by atoms with E-state index in [1.165, 1.54) is 56.1 Å². The van der Waals surface area contributed by atoms with Crippen LogP contribution < -0.4 is 11.1 Å². The smallest absolute Gasteiger partial charge is 0.325 e. The lowest BCUT2D eigenvalue weighted by Gasteiger charge is -2.07. The van der Waals surface area contributed by atoms with Crippen LogP contribution in [0.1, 0.15) is 75.8 Å². The Bertz CT molecular complexity index is 661. The van der Waals surface area contributed by atoms with Gasteiger partial charge >= 0.3 is 15.2 Å². The van der Waals surface area contributed by atoms with Crippen molar-refractivity contribution in [2.45, 2.75) is 77.7 Å². The molecule has 32 heavy (non-hydrogen) atoms. The average molecular weight is 495 g/mol. The quantitative estimate of drug-likeness (QED) is 0.139. The van der Waals surface area contributed by atoms with E-state index >= 15 is 0 Å². The van der Waals surface area contributed by atoms with Gasteiger partial charge in [-0.25, -0.2) is 0 Å². The van der Waals surface area contributed by atoms with Gasteiger partial charge in [-0.2, -0.15) is 0 Å². The number of unbranched alkanes of at least 4 members (excludes halogenated alkanes) is 6. The first-order chi connectivity index (χ1) is 15.1. The molecule has 1 rings (SSSR count). The van der Waals surface area contributed by atoms with Crippen molar-refractivity contribution in [2.24, 2.45) is 5.73 Å². The van der Waals surface area contributed by atoms with Crippen LogP contribution >= 0.6 is 15.2 Å². The molecule has 0 aliphatic heterocycles. The van der Waals surface area contributed by atoms with Crippen molar-refractivity contribution < 1.29 is 28.7 Å². The van der Waals surface area contributed by atoms with Crippen LogP contribution in [0.15, 0.2) is 24.3 Å². The molecule has 0 saturated heterocycles. The third kappa shape index (κ3) is 22.6. The fraction of sp³-hybridized carbons (Fsp3) is 0.727. The van der Waals surface area contributed by atoms with E-state index < -0.39 is 15.2 Å². The molecule has 0 fully saturated rings. The minimum absolute atomic E-state index is 0.0443. The maximum Gasteiger partial charge on any atom is 0.325 e. The topological polar surface area (TPSA) is 153 Å². The lowest BCUT2D eigenvalue weighted by Crippen LogP contribution is -2.15. The van der Waals surface area contributed by atoms with Gasteiger partial charge in [-0.15, -0.1) is 0 Å². The monoisotopic (exact) mass is 494 g/mol. The highest BCUT2D eigenvalue weighted by molar-refractivity contribution is 7.52. The van der Waals surface area contributed by atoms with E-state index in [-0.39, 0.29) is 12.3 Å². The minimum atomic E-state index is -3.85. The third-order valence-electron chi connectivity index (χ3n) is 4.88. The number of hydrogen-bond acceptors (Lipinski definition) is 4. The van der Waals surface area contributed by atoms with Gasteiger partial charge in [0.25, 0.3) is 0 Å². The molecule has 7 N–H and O–H groups in total. The Morgan fingerprint density at radius 1 is 0.750 bits per heavy atom. The number of nitrogens with two attached hydrogens (primary N) is 1. The second-order valence-electron chi connectivity index (χ2n) is 8.14. The molecule has 188 valence electrons. The van der Waals surface area contributed by atoms with Crippen molar-refractivity contribution >= 4 is 15.2 Å². The summed E-state index contributed by atoms with van der Waals surface area (Å²) in [4.78, 5) is 34.0. The summed E-state index contributed by atoms with van der Waals surface area (Å²) in [7, 11) is -7.61. The van der Waals surface area contributed by atoms with Gasteiger partial charge in [-0.1, -0.05) is 69.7 Å². The Hall–Kier alpha value is -0.560. The Morgan fingerprint density at radius 2 is 1.25 bits per heavy atom. The number of hydrogen-bond donors (Lipinski definition) is 6. The van der Waals surface area contributed by atoms with Crippen LogP contribution in [0.2, 0.25) is 0 Å². The number of nitrogens with one attached hydrogen (secondary N) is 1. The van der Waals surface area contributed by atoms with Crippen LogP contribution in [0.5, 0.6) is 0 Å². The SMILES string of the molecule is CCCCCCCCCc1ccc(CNCCCP(=O)(O)O)cc1.NCCCP(=O)(O)O. The van der Waals surface area contributed by atoms with E-state index in [1.54, 1.807) is 0 Å². The van der Waals surface area contributed by atoms with E-state index in [4.69, 9.17) is 25.3 Å². The Kier molecular flexibility index (Phi) is 18.5. The fourth-order valence-corrected chi connectivity index (χ4v) is 4.21. The Balaban J connectivity index is 0.00000102. The molecule has 1 aromatic rings. The zero-order chi connectivity index (χ0) is 24.3. The summed E-state index contributed by atoms with van der Waals surface area (Å²) in [6.45, 7) is 3.97. The standard InChI is InChI=1S/C19H34NO3P.C3H10NO3P/c1-2-3-4-5-6-7-8-10-18-11-13-19(14-12-18)17-20-15-9-16-24(21,22)23;4-2-1-3-8(5,6)7/h11-14,20H,2-10,15-17H2,1H3,(H2,21,22,23);1-4H2,(H2,5,6,7). The van der Waals surface area contributed by atoms with E-state index in [0.29, 0.717) is 25.9 Å². The highest BCUT2D eigenvalue weighted by Crippen LogP contribution is 2.34. The molecular weight excluding hydrogens is 450 g/mol. The highest BCUT2D eigenvalue weighted by Gasteiger charge is 2.11. The van der Waals surface area contributed by atoms with Crippen LogP contribution in [0.3, 0.4) is 0 Å². The second kappa shape index (κ2) is 18.8. The summed E-state index contributed by atoms with van der Waals surface area (Å²) < 4.78 is 20.8. The Morgan fingerprint density at radius 3 is 1.75 bits per heavy atom. The molecule has 0 amide bonds. The maximum absolute atomic E-state index is 10.7. The predicted octanol–water partition coefficient (Wildman–Crippen LogP) is 4.15. The van der Waals surface area contributed by atoms with Gasteiger partial charge in [-0.05, 0) is 49.9 Å². The molecule has 0 saturated carbocycles. The van der Waals surface area contributed by atoms with E-state index in [2.05, 4.69) is 36.5 Å². The van der Waals surface area contributed by atoms with Crippen LogP contribution in [0, 0.1) is 0 Å². The molecule has 0 heterocycles. The molecule has 0 aromatic heterocycles. The third-order valence-corrected chi connectivity index (χ3v) is 6.68. The van der Waals surface area contributed by atoms with Crippen LogP contribution in [-0.2, 0) is 22.1 Å². The van der Waals surface area contributed by atoms with Crippen LogP contribution in [0.25, 0.3) is 0 Å². The minimum Gasteiger partial charge on any atom is -0.330 e. The fourth-order valence-electron chi connectivity index (χ4n) is 3.05. The molecule has 0 spiro atoms. The van der Waals surface area contributed by atoms with Crippen molar-refractivity contribution in [3.8, 4) is 0 Å². The molecule has 0 bridgehead atoms. The highest BCUT2D eigenvalue weighted by atomic mass is 31.2. The largest absolute Gasteiger partial charge is 0.330 e.